The second-order valence-corrected chi connectivity index (χ2v) is 4.40. The molecule has 1 rings (SSSR count). The van der Waals surface area contributed by atoms with Crippen LogP contribution in [-0.4, -0.2) is 27.5 Å². The van der Waals surface area contributed by atoms with Crippen LogP contribution in [0.15, 0.2) is 41.9 Å². The highest BCUT2D eigenvalue weighted by molar-refractivity contribution is 5.77. The average molecular weight is 274 g/mol. The van der Waals surface area contributed by atoms with Crippen molar-refractivity contribution in [1.82, 2.24) is 5.48 Å². The Hall–Kier alpha value is -2.07. The van der Waals surface area contributed by atoms with E-state index in [9.17, 15) is 0 Å². The van der Waals surface area contributed by atoms with E-state index < -0.39 is 0 Å². The summed E-state index contributed by atoms with van der Waals surface area (Å²) in [7, 11) is 4.95. The first-order chi connectivity index (χ1) is 9.60. The first-order valence-electron chi connectivity index (χ1n) is 6.37. The first-order valence-corrected chi connectivity index (χ1v) is 6.37. The van der Waals surface area contributed by atoms with Crippen molar-refractivity contribution in [3.8, 4) is 5.75 Å². The fourth-order valence-electron chi connectivity index (χ4n) is 1.83. The molecule has 0 atom stereocenters. The van der Waals surface area contributed by atoms with E-state index in [0.29, 0.717) is 5.70 Å². The van der Waals surface area contributed by atoms with Gasteiger partial charge in [0.2, 0.25) is 0 Å². The van der Waals surface area contributed by atoms with Crippen LogP contribution in [0.1, 0.15) is 17.5 Å². The van der Waals surface area contributed by atoms with Gasteiger partial charge in [0, 0.05) is 18.8 Å². The third kappa shape index (κ3) is 4.90. The lowest BCUT2D eigenvalue weighted by molar-refractivity contribution is 0.137. The van der Waals surface area contributed by atoms with Crippen molar-refractivity contribution in [3.63, 3.8) is 0 Å². The summed E-state index contributed by atoms with van der Waals surface area (Å²) in [6.45, 7) is 7.88. The smallest absolute Gasteiger partial charge is 0.119 e. The van der Waals surface area contributed by atoms with Crippen molar-refractivity contribution in [2.45, 2.75) is 12.8 Å². The van der Waals surface area contributed by atoms with Crippen molar-refractivity contribution < 1.29 is 9.57 Å². The highest BCUT2D eigenvalue weighted by Gasteiger charge is 2.05. The topological polar surface area (TPSA) is 42.8 Å². The van der Waals surface area contributed by atoms with Crippen molar-refractivity contribution in [1.29, 1.82) is 0 Å². The maximum atomic E-state index is 5.32. The van der Waals surface area contributed by atoms with E-state index in [0.717, 1.165) is 35.3 Å². The van der Waals surface area contributed by atoms with E-state index in [-0.39, 0.29) is 0 Å². The lowest BCUT2D eigenvalue weighted by Gasteiger charge is -2.12. The van der Waals surface area contributed by atoms with Gasteiger partial charge >= 0.3 is 0 Å². The molecule has 0 amide bonds. The summed E-state index contributed by atoms with van der Waals surface area (Å²) >= 11 is 0. The summed E-state index contributed by atoms with van der Waals surface area (Å²) in [5, 5.41) is 0. The molecule has 0 bridgehead atoms. The third-order valence-corrected chi connectivity index (χ3v) is 2.82. The molecule has 1 aromatic rings. The zero-order chi connectivity index (χ0) is 15.0. The predicted molar refractivity (Wildman–Crippen MR) is 84.0 cm³/mol. The molecule has 0 saturated carbocycles. The molecule has 0 aliphatic heterocycles. The van der Waals surface area contributed by atoms with Gasteiger partial charge in [0.15, 0.2) is 0 Å². The number of methoxy groups -OCH3 is 1. The number of aryl methyl sites for hydroxylation is 1. The van der Waals surface area contributed by atoms with E-state index in [1.807, 2.05) is 12.1 Å². The Morgan fingerprint density at radius 1 is 1.30 bits per heavy atom. The van der Waals surface area contributed by atoms with Gasteiger partial charge in [-0.1, -0.05) is 13.2 Å². The van der Waals surface area contributed by atoms with Crippen LogP contribution < -0.4 is 10.2 Å². The van der Waals surface area contributed by atoms with Crippen molar-refractivity contribution >= 4 is 11.9 Å². The molecule has 20 heavy (non-hydrogen) atoms. The lowest BCUT2D eigenvalue weighted by atomic mass is 10.0. The molecule has 0 heterocycles. The quantitative estimate of drug-likeness (QED) is 0.585. The van der Waals surface area contributed by atoms with Crippen LogP contribution in [0.3, 0.4) is 0 Å². The SMILES string of the molecule is C=C(C=NC)CCc1cc(OC)cc(C(=C)NOC)c1. The van der Waals surface area contributed by atoms with Crippen molar-refractivity contribution in [2.24, 2.45) is 4.99 Å². The highest BCUT2D eigenvalue weighted by Crippen LogP contribution is 2.22. The molecular weight excluding hydrogens is 252 g/mol. The molecule has 0 radical (unpaired) electrons. The summed E-state index contributed by atoms with van der Waals surface area (Å²) in [5.41, 5.74) is 6.54. The molecule has 0 aromatic heterocycles. The molecule has 4 heteroatoms. The maximum absolute atomic E-state index is 5.32. The Bertz CT molecular complexity index is 507. The van der Waals surface area contributed by atoms with E-state index >= 15 is 0 Å². The van der Waals surface area contributed by atoms with Gasteiger partial charge in [-0.25, -0.2) is 0 Å². The molecule has 0 aliphatic carbocycles. The predicted octanol–water partition coefficient (Wildman–Crippen LogP) is 3.01. The van der Waals surface area contributed by atoms with Gasteiger partial charge in [-0.3, -0.25) is 15.3 Å². The lowest BCUT2D eigenvalue weighted by Crippen LogP contribution is -2.09. The minimum atomic E-state index is 0.696. The highest BCUT2D eigenvalue weighted by atomic mass is 16.6. The second kappa shape index (κ2) is 8.17. The number of hydrogen-bond acceptors (Lipinski definition) is 4. The summed E-state index contributed by atoms with van der Waals surface area (Å²) in [5.74, 6) is 0.798. The van der Waals surface area contributed by atoms with Crippen molar-refractivity contribution in [3.05, 3.63) is 48.1 Å². The van der Waals surface area contributed by atoms with Crippen LogP contribution in [0.2, 0.25) is 0 Å². The fourth-order valence-corrected chi connectivity index (χ4v) is 1.83. The normalized spacial score (nSPS) is 10.6. The number of benzene rings is 1. The van der Waals surface area contributed by atoms with Crippen LogP contribution in [0.5, 0.6) is 5.75 Å². The van der Waals surface area contributed by atoms with Gasteiger partial charge < -0.3 is 4.74 Å². The summed E-state index contributed by atoms with van der Waals surface area (Å²) in [4.78, 5) is 8.84. The monoisotopic (exact) mass is 274 g/mol. The zero-order valence-corrected chi connectivity index (χ0v) is 12.4. The molecule has 0 unspecified atom stereocenters. The van der Waals surface area contributed by atoms with E-state index in [2.05, 4.69) is 29.7 Å². The number of nitrogens with one attached hydrogen (secondary N) is 1. The maximum Gasteiger partial charge on any atom is 0.119 e. The number of hydroxylamine groups is 1. The van der Waals surface area contributed by atoms with Crippen LogP contribution in [0.4, 0.5) is 0 Å². The molecule has 1 N–H and O–H groups in total. The molecule has 108 valence electrons. The Kier molecular flexibility index (Phi) is 6.53. The minimum Gasteiger partial charge on any atom is -0.497 e. The standard InChI is InChI=1S/C16H22N2O2/c1-12(11-17-3)6-7-14-8-15(13(2)18-20-5)10-16(9-14)19-4/h8-11,18H,1-2,6-7H2,3-5H3. The number of ether oxygens (including phenoxy) is 1. The largest absolute Gasteiger partial charge is 0.497 e. The molecular formula is C16H22N2O2. The van der Waals surface area contributed by atoms with E-state index in [1.165, 1.54) is 0 Å². The number of rotatable bonds is 8. The average Bonchev–Trinajstić information content (AvgIpc) is 2.45. The number of nitrogens with zero attached hydrogens (tertiary/aromatic N) is 1. The Morgan fingerprint density at radius 2 is 2.05 bits per heavy atom. The molecule has 4 nitrogen and oxygen atoms in total. The molecule has 0 spiro atoms. The zero-order valence-electron chi connectivity index (χ0n) is 12.4. The van der Waals surface area contributed by atoms with Crippen LogP contribution in [0.25, 0.3) is 5.70 Å². The van der Waals surface area contributed by atoms with E-state index in [4.69, 9.17) is 9.57 Å². The summed E-state index contributed by atoms with van der Waals surface area (Å²) < 4.78 is 5.32. The number of hydrogen-bond donors (Lipinski definition) is 1. The molecule has 0 aliphatic rings. The van der Waals surface area contributed by atoms with E-state index in [1.54, 1.807) is 27.5 Å². The minimum absolute atomic E-state index is 0.696. The van der Waals surface area contributed by atoms with Gasteiger partial charge in [0.05, 0.1) is 19.9 Å². The van der Waals surface area contributed by atoms with Crippen LogP contribution in [0, 0.1) is 0 Å². The van der Waals surface area contributed by atoms with Gasteiger partial charge in [-0.15, -0.1) is 0 Å². The summed E-state index contributed by atoms with van der Waals surface area (Å²) in [6.07, 6.45) is 3.51. The van der Waals surface area contributed by atoms with Crippen LogP contribution >= 0.6 is 0 Å². The van der Waals surface area contributed by atoms with Gasteiger partial charge in [-0.2, -0.15) is 0 Å². The third-order valence-electron chi connectivity index (χ3n) is 2.82. The number of allylic oxidation sites excluding steroid dienone is 1. The summed E-state index contributed by atoms with van der Waals surface area (Å²) in [6, 6.07) is 5.99. The van der Waals surface area contributed by atoms with Gasteiger partial charge in [0.1, 0.15) is 5.75 Å². The Morgan fingerprint density at radius 3 is 2.65 bits per heavy atom. The van der Waals surface area contributed by atoms with Crippen molar-refractivity contribution in [2.75, 3.05) is 21.3 Å². The number of aliphatic imine (C=N–C) groups is 1. The molecule has 1 aromatic carbocycles. The van der Waals surface area contributed by atoms with Gasteiger partial charge in [-0.05, 0) is 42.2 Å². The van der Waals surface area contributed by atoms with Gasteiger partial charge in [0.25, 0.3) is 0 Å². The Labute approximate surface area is 120 Å². The first kappa shape index (κ1) is 16.0. The second-order valence-electron chi connectivity index (χ2n) is 4.40. The Balaban J connectivity index is 2.87. The van der Waals surface area contributed by atoms with Crippen LogP contribution in [-0.2, 0) is 11.3 Å². The molecule has 0 saturated heterocycles. The molecule has 0 fully saturated rings. The fraction of sp³-hybridized carbons (Fsp3) is 0.312.